The van der Waals surface area contributed by atoms with Crippen molar-refractivity contribution in [3.63, 3.8) is 0 Å². The van der Waals surface area contributed by atoms with E-state index >= 15 is 0 Å². The van der Waals surface area contributed by atoms with E-state index in [9.17, 15) is 9.59 Å². The van der Waals surface area contributed by atoms with E-state index in [1.807, 2.05) is 0 Å². The third-order valence-electron chi connectivity index (χ3n) is 3.24. The summed E-state index contributed by atoms with van der Waals surface area (Å²) in [5.74, 6) is -0.619. The molecule has 0 aromatic heterocycles. The molecule has 1 aliphatic rings. The number of amides is 1. The number of benzene rings is 1. The van der Waals surface area contributed by atoms with Gasteiger partial charge in [0.05, 0.1) is 12.7 Å². The summed E-state index contributed by atoms with van der Waals surface area (Å²) in [6.45, 7) is 2.38. The number of nitrogens with one attached hydrogen (secondary N) is 1. The molecule has 1 aliphatic heterocycles. The summed E-state index contributed by atoms with van der Waals surface area (Å²) in [5.41, 5.74) is 0.184. The third-order valence-corrected chi connectivity index (χ3v) is 3.24. The van der Waals surface area contributed by atoms with Crippen molar-refractivity contribution in [1.82, 2.24) is 0 Å². The molecule has 0 aliphatic carbocycles. The SMILES string of the molecule is COC(=O)c1cccc(NC(=O)C2(C)CCCO2)c1. The van der Waals surface area contributed by atoms with Gasteiger partial charge >= 0.3 is 5.97 Å². The van der Waals surface area contributed by atoms with Crippen LogP contribution in [0.4, 0.5) is 5.69 Å². The summed E-state index contributed by atoms with van der Waals surface area (Å²) >= 11 is 0. The molecule has 1 aromatic carbocycles. The lowest BCUT2D eigenvalue weighted by atomic mass is 10.0. The Hall–Kier alpha value is -1.88. The number of carbonyl (C=O) groups excluding carboxylic acids is 2. The molecule has 1 saturated heterocycles. The standard InChI is InChI=1S/C14H17NO4/c1-14(7-4-8-19-14)13(17)15-11-6-3-5-10(9-11)12(16)18-2/h3,5-6,9H,4,7-8H2,1-2H3,(H,15,17). The van der Waals surface area contributed by atoms with Crippen LogP contribution < -0.4 is 5.32 Å². The van der Waals surface area contributed by atoms with E-state index in [4.69, 9.17) is 4.74 Å². The maximum Gasteiger partial charge on any atom is 0.337 e. The Balaban J connectivity index is 2.11. The van der Waals surface area contributed by atoms with Gasteiger partial charge in [-0.1, -0.05) is 6.07 Å². The number of anilines is 1. The van der Waals surface area contributed by atoms with E-state index in [-0.39, 0.29) is 5.91 Å². The number of hydrogen-bond acceptors (Lipinski definition) is 4. The van der Waals surface area contributed by atoms with Crippen molar-refractivity contribution in [3.8, 4) is 0 Å². The van der Waals surface area contributed by atoms with Crippen LogP contribution in [-0.2, 0) is 14.3 Å². The summed E-state index contributed by atoms with van der Waals surface area (Å²) in [5, 5.41) is 2.77. The molecule has 5 nitrogen and oxygen atoms in total. The van der Waals surface area contributed by atoms with Gasteiger partial charge in [-0.3, -0.25) is 4.79 Å². The highest BCUT2D eigenvalue weighted by molar-refractivity contribution is 5.98. The first-order valence-electron chi connectivity index (χ1n) is 6.19. The highest BCUT2D eigenvalue weighted by Gasteiger charge is 2.37. The monoisotopic (exact) mass is 263 g/mol. The van der Waals surface area contributed by atoms with Crippen molar-refractivity contribution >= 4 is 17.6 Å². The van der Waals surface area contributed by atoms with Crippen LogP contribution in [-0.4, -0.2) is 31.2 Å². The second kappa shape index (κ2) is 5.40. The topological polar surface area (TPSA) is 64.6 Å². The van der Waals surface area contributed by atoms with Crippen molar-refractivity contribution in [2.75, 3.05) is 19.0 Å². The smallest absolute Gasteiger partial charge is 0.337 e. The van der Waals surface area contributed by atoms with Crippen LogP contribution in [0.2, 0.25) is 0 Å². The maximum absolute atomic E-state index is 12.1. The summed E-state index contributed by atoms with van der Waals surface area (Å²) in [6, 6.07) is 6.64. The predicted molar refractivity (Wildman–Crippen MR) is 70.0 cm³/mol. The normalized spacial score (nSPS) is 22.0. The fraction of sp³-hybridized carbons (Fsp3) is 0.429. The molecule has 1 atom stereocenters. The highest BCUT2D eigenvalue weighted by Crippen LogP contribution is 2.26. The quantitative estimate of drug-likeness (QED) is 0.847. The zero-order valence-corrected chi connectivity index (χ0v) is 11.1. The fourth-order valence-corrected chi connectivity index (χ4v) is 2.06. The molecule has 0 spiro atoms. The van der Waals surface area contributed by atoms with Crippen molar-refractivity contribution in [2.24, 2.45) is 0 Å². The van der Waals surface area contributed by atoms with Gasteiger partial charge < -0.3 is 14.8 Å². The van der Waals surface area contributed by atoms with Crippen LogP contribution in [0.3, 0.4) is 0 Å². The first-order valence-corrected chi connectivity index (χ1v) is 6.19. The Morgan fingerprint density at radius 1 is 1.42 bits per heavy atom. The van der Waals surface area contributed by atoms with E-state index in [0.29, 0.717) is 24.3 Å². The highest BCUT2D eigenvalue weighted by atomic mass is 16.5. The molecule has 1 amide bonds. The molecule has 2 rings (SSSR count). The van der Waals surface area contributed by atoms with Gasteiger partial charge in [0.1, 0.15) is 5.60 Å². The fourth-order valence-electron chi connectivity index (χ4n) is 2.06. The molecular formula is C14H17NO4. The minimum absolute atomic E-state index is 0.188. The molecule has 0 bridgehead atoms. The first kappa shape index (κ1) is 13.5. The third kappa shape index (κ3) is 2.93. The lowest BCUT2D eigenvalue weighted by Gasteiger charge is -2.22. The van der Waals surface area contributed by atoms with Crippen LogP contribution in [0.25, 0.3) is 0 Å². The van der Waals surface area contributed by atoms with E-state index in [1.165, 1.54) is 7.11 Å². The van der Waals surface area contributed by atoms with Gasteiger partial charge in [0.15, 0.2) is 0 Å². The molecule has 1 aromatic rings. The second-order valence-electron chi connectivity index (χ2n) is 4.71. The van der Waals surface area contributed by atoms with Gasteiger partial charge in [0, 0.05) is 12.3 Å². The number of methoxy groups -OCH3 is 1. The lowest BCUT2D eigenvalue weighted by Crippen LogP contribution is -2.39. The lowest BCUT2D eigenvalue weighted by molar-refractivity contribution is -0.133. The van der Waals surface area contributed by atoms with Gasteiger partial charge in [0.25, 0.3) is 5.91 Å². The summed E-state index contributed by atoms with van der Waals surface area (Å²) < 4.78 is 10.1. The second-order valence-corrected chi connectivity index (χ2v) is 4.71. The van der Waals surface area contributed by atoms with Crippen LogP contribution in [0.15, 0.2) is 24.3 Å². The average Bonchev–Trinajstić information content (AvgIpc) is 2.86. The summed E-state index contributed by atoms with van der Waals surface area (Å²) in [6.07, 6.45) is 1.58. The Kier molecular flexibility index (Phi) is 3.85. The summed E-state index contributed by atoms with van der Waals surface area (Å²) in [4.78, 5) is 23.5. The van der Waals surface area contributed by atoms with Crippen LogP contribution >= 0.6 is 0 Å². The molecule has 102 valence electrons. The van der Waals surface area contributed by atoms with Gasteiger partial charge in [-0.05, 0) is 38.0 Å². The van der Waals surface area contributed by atoms with E-state index in [1.54, 1.807) is 31.2 Å². The van der Waals surface area contributed by atoms with Crippen molar-refractivity contribution in [3.05, 3.63) is 29.8 Å². The van der Waals surface area contributed by atoms with Gasteiger partial charge in [0.2, 0.25) is 0 Å². The zero-order chi connectivity index (χ0) is 13.9. The minimum Gasteiger partial charge on any atom is -0.465 e. The van der Waals surface area contributed by atoms with Crippen molar-refractivity contribution < 1.29 is 19.1 Å². The number of rotatable bonds is 3. The zero-order valence-electron chi connectivity index (χ0n) is 11.1. The maximum atomic E-state index is 12.1. The molecule has 19 heavy (non-hydrogen) atoms. The number of hydrogen-bond donors (Lipinski definition) is 1. The largest absolute Gasteiger partial charge is 0.465 e. The predicted octanol–water partition coefficient (Wildman–Crippen LogP) is 1.98. The van der Waals surface area contributed by atoms with Crippen molar-refractivity contribution in [2.45, 2.75) is 25.4 Å². The number of carbonyl (C=O) groups is 2. The van der Waals surface area contributed by atoms with Gasteiger partial charge in [-0.2, -0.15) is 0 Å². The molecule has 1 fully saturated rings. The van der Waals surface area contributed by atoms with E-state index in [2.05, 4.69) is 10.1 Å². The Morgan fingerprint density at radius 3 is 2.84 bits per heavy atom. The molecule has 0 saturated carbocycles. The molecule has 5 heteroatoms. The Morgan fingerprint density at radius 2 is 2.21 bits per heavy atom. The number of ether oxygens (including phenoxy) is 2. The van der Waals surface area contributed by atoms with E-state index in [0.717, 1.165) is 6.42 Å². The first-order chi connectivity index (χ1) is 9.05. The van der Waals surface area contributed by atoms with Crippen molar-refractivity contribution in [1.29, 1.82) is 0 Å². The van der Waals surface area contributed by atoms with Gasteiger partial charge in [-0.25, -0.2) is 4.79 Å². The Labute approximate surface area is 111 Å². The van der Waals surface area contributed by atoms with Crippen LogP contribution in [0, 0.1) is 0 Å². The molecule has 1 N–H and O–H groups in total. The average molecular weight is 263 g/mol. The number of esters is 1. The molecular weight excluding hydrogens is 246 g/mol. The molecule has 0 radical (unpaired) electrons. The van der Waals surface area contributed by atoms with Crippen LogP contribution in [0.5, 0.6) is 0 Å². The molecule has 1 heterocycles. The van der Waals surface area contributed by atoms with E-state index < -0.39 is 11.6 Å². The Bertz CT molecular complexity index is 492. The minimum atomic E-state index is -0.777. The van der Waals surface area contributed by atoms with Gasteiger partial charge in [-0.15, -0.1) is 0 Å². The molecule has 1 unspecified atom stereocenters. The summed E-state index contributed by atoms with van der Waals surface area (Å²) in [7, 11) is 1.32. The van der Waals surface area contributed by atoms with Crippen LogP contribution in [0.1, 0.15) is 30.1 Å².